The van der Waals surface area contributed by atoms with E-state index in [1.807, 2.05) is 4.90 Å². The van der Waals surface area contributed by atoms with Crippen LogP contribution in [0.15, 0.2) is 24.3 Å². The molecular formula is C17H23FN2O2. The van der Waals surface area contributed by atoms with Gasteiger partial charge in [-0.1, -0.05) is 0 Å². The molecule has 1 amide bonds. The van der Waals surface area contributed by atoms with Crippen LogP contribution in [0.2, 0.25) is 0 Å². The molecule has 0 bridgehead atoms. The molecule has 1 aliphatic heterocycles. The monoisotopic (exact) mass is 306 g/mol. The topological polar surface area (TPSA) is 32.8 Å². The summed E-state index contributed by atoms with van der Waals surface area (Å²) in [4.78, 5) is 16.5. The van der Waals surface area contributed by atoms with Crippen molar-refractivity contribution in [1.82, 2.24) is 9.80 Å². The molecular weight excluding hydrogens is 283 g/mol. The lowest BCUT2D eigenvalue weighted by Gasteiger charge is -2.38. The molecule has 3 rings (SSSR count). The molecule has 2 aliphatic rings. The normalized spacial score (nSPS) is 20.7. The van der Waals surface area contributed by atoms with Gasteiger partial charge in [0.2, 0.25) is 0 Å². The maximum Gasteiger partial charge on any atom is 0.260 e. The van der Waals surface area contributed by atoms with E-state index in [0.717, 1.165) is 32.1 Å². The second-order valence-corrected chi connectivity index (χ2v) is 6.24. The van der Waals surface area contributed by atoms with Crippen LogP contribution < -0.4 is 4.74 Å². The number of amides is 1. The van der Waals surface area contributed by atoms with Crippen molar-refractivity contribution in [2.45, 2.75) is 25.8 Å². The molecule has 0 aromatic heterocycles. The fourth-order valence-corrected chi connectivity index (χ4v) is 3.02. The highest BCUT2D eigenvalue weighted by Crippen LogP contribution is 2.35. The van der Waals surface area contributed by atoms with E-state index >= 15 is 0 Å². The van der Waals surface area contributed by atoms with E-state index in [-0.39, 0.29) is 18.3 Å². The number of ether oxygens (including phenoxy) is 1. The fourth-order valence-electron chi connectivity index (χ4n) is 3.02. The Labute approximate surface area is 130 Å². The first-order chi connectivity index (χ1) is 10.6. The van der Waals surface area contributed by atoms with Crippen molar-refractivity contribution >= 4 is 5.91 Å². The third-order valence-electron chi connectivity index (χ3n) is 4.72. The summed E-state index contributed by atoms with van der Waals surface area (Å²) in [5.74, 6) is 1.09. The van der Waals surface area contributed by atoms with E-state index in [4.69, 9.17) is 4.74 Å². The van der Waals surface area contributed by atoms with Gasteiger partial charge in [0.1, 0.15) is 11.6 Å². The zero-order valence-corrected chi connectivity index (χ0v) is 13.0. The Kier molecular flexibility index (Phi) is 4.62. The summed E-state index contributed by atoms with van der Waals surface area (Å²) in [6.07, 6.45) is 2.71. The van der Waals surface area contributed by atoms with Crippen molar-refractivity contribution < 1.29 is 13.9 Å². The number of carbonyl (C=O) groups excluding carboxylic acids is 1. The van der Waals surface area contributed by atoms with Crippen molar-refractivity contribution in [3.8, 4) is 5.75 Å². The van der Waals surface area contributed by atoms with Gasteiger partial charge >= 0.3 is 0 Å². The van der Waals surface area contributed by atoms with Crippen molar-refractivity contribution in [2.24, 2.45) is 5.92 Å². The maximum absolute atomic E-state index is 12.8. The van der Waals surface area contributed by atoms with Gasteiger partial charge < -0.3 is 9.64 Å². The fraction of sp³-hybridized carbons (Fsp3) is 0.588. The number of benzene rings is 1. The van der Waals surface area contributed by atoms with Gasteiger partial charge in [0, 0.05) is 32.2 Å². The molecule has 1 saturated carbocycles. The zero-order valence-electron chi connectivity index (χ0n) is 13.0. The van der Waals surface area contributed by atoms with Gasteiger partial charge in [-0.2, -0.15) is 0 Å². The minimum Gasteiger partial charge on any atom is -0.484 e. The van der Waals surface area contributed by atoms with Crippen LogP contribution in [0.5, 0.6) is 5.75 Å². The maximum atomic E-state index is 12.8. The van der Waals surface area contributed by atoms with E-state index in [1.54, 1.807) is 0 Å². The van der Waals surface area contributed by atoms with Gasteiger partial charge in [-0.15, -0.1) is 0 Å². The summed E-state index contributed by atoms with van der Waals surface area (Å²) in [7, 11) is 0. The predicted molar refractivity (Wildman–Crippen MR) is 82.2 cm³/mol. The van der Waals surface area contributed by atoms with Crippen LogP contribution in [0.3, 0.4) is 0 Å². The molecule has 22 heavy (non-hydrogen) atoms. The van der Waals surface area contributed by atoms with E-state index in [1.165, 1.54) is 37.1 Å². The largest absolute Gasteiger partial charge is 0.484 e. The van der Waals surface area contributed by atoms with E-state index in [2.05, 4.69) is 11.8 Å². The van der Waals surface area contributed by atoms with Gasteiger partial charge in [0.15, 0.2) is 6.61 Å². The molecule has 1 aromatic carbocycles. The Morgan fingerprint density at radius 3 is 2.45 bits per heavy atom. The lowest BCUT2D eigenvalue weighted by Crippen LogP contribution is -2.52. The van der Waals surface area contributed by atoms with E-state index < -0.39 is 0 Å². The summed E-state index contributed by atoms with van der Waals surface area (Å²) in [5.41, 5.74) is 0. The molecule has 1 saturated heterocycles. The smallest absolute Gasteiger partial charge is 0.260 e. The average molecular weight is 306 g/mol. The second-order valence-electron chi connectivity index (χ2n) is 6.24. The summed E-state index contributed by atoms with van der Waals surface area (Å²) < 4.78 is 18.2. The first kappa shape index (κ1) is 15.3. The van der Waals surface area contributed by atoms with E-state index in [9.17, 15) is 9.18 Å². The average Bonchev–Trinajstić information content (AvgIpc) is 3.38. The summed E-state index contributed by atoms with van der Waals surface area (Å²) in [6.45, 7) is 5.74. The number of nitrogens with zero attached hydrogens (tertiary/aromatic N) is 2. The number of rotatable bonds is 5. The minimum absolute atomic E-state index is 0.00282. The molecule has 4 nitrogen and oxygen atoms in total. The Morgan fingerprint density at radius 1 is 1.23 bits per heavy atom. The SMILES string of the molecule is CC(C1CC1)N1CCN(C(=O)COc2ccc(F)cc2)CC1. The Hall–Kier alpha value is -1.62. The zero-order chi connectivity index (χ0) is 15.5. The van der Waals surface area contributed by atoms with E-state index in [0.29, 0.717) is 11.8 Å². The lowest BCUT2D eigenvalue weighted by molar-refractivity contribution is -0.135. The highest BCUT2D eigenvalue weighted by atomic mass is 19.1. The second kappa shape index (κ2) is 6.65. The molecule has 120 valence electrons. The molecule has 1 heterocycles. The predicted octanol–water partition coefficient (Wildman–Crippen LogP) is 2.15. The highest BCUT2D eigenvalue weighted by molar-refractivity contribution is 5.77. The van der Waals surface area contributed by atoms with Crippen LogP contribution in [-0.4, -0.2) is 54.5 Å². The van der Waals surface area contributed by atoms with Gasteiger partial charge in [-0.05, 0) is 49.9 Å². The standard InChI is InChI=1S/C17H23FN2O2/c1-13(14-2-3-14)19-8-10-20(11-9-19)17(21)12-22-16-6-4-15(18)5-7-16/h4-7,13-14H,2-3,8-12H2,1H3. The quantitative estimate of drug-likeness (QED) is 0.835. The van der Waals surface area contributed by atoms with Gasteiger partial charge in [-0.25, -0.2) is 4.39 Å². The number of halogens is 1. The molecule has 0 radical (unpaired) electrons. The van der Waals surface area contributed by atoms with Crippen LogP contribution >= 0.6 is 0 Å². The minimum atomic E-state index is -0.306. The third-order valence-corrected chi connectivity index (χ3v) is 4.72. The first-order valence-corrected chi connectivity index (χ1v) is 8.03. The summed E-state index contributed by atoms with van der Waals surface area (Å²) >= 11 is 0. The number of hydrogen-bond donors (Lipinski definition) is 0. The first-order valence-electron chi connectivity index (χ1n) is 8.03. The van der Waals surface area contributed by atoms with Gasteiger partial charge in [0.25, 0.3) is 5.91 Å². The molecule has 1 aliphatic carbocycles. The van der Waals surface area contributed by atoms with Crippen molar-refractivity contribution in [3.63, 3.8) is 0 Å². The van der Waals surface area contributed by atoms with Crippen LogP contribution in [0.1, 0.15) is 19.8 Å². The molecule has 1 unspecified atom stereocenters. The van der Waals surface area contributed by atoms with Crippen molar-refractivity contribution in [1.29, 1.82) is 0 Å². The number of piperazine rings is 1. The van der Waals surface area contributed by atoms with Gasteiger partial charge in [0.05, 0.1) is 0 Å². The van der Waals surface area contributed by atoms with Crippen LogP contribution in [0.4, 0.5) is 4.39 Å². The summed E-state index contributed by atoms with van der Waals surface area (Å²) in [5, 5.41) is 0. The van der Waals surface area contributed by atoms with Gasteiger partial charge in [-0.3, -0.25) is 9.69 Å². The lowest BCUT2D eigenvalue weighted by atomic mass is 10.1. The Morgan fingerprint density at radius 2 is 1.86 bits per heavy atom. The van der Waals surface area contributed by atoms with Crippen molar-refractivity contribution in [2.75, 3.05) is 32.8 Å². The molecule has 2 fully saturated rings. The Balaban J connectivity index is 1.42. The van der Waals surface area contributed by atoms with Crippen molar-refractivity contribution in [3.05, 3.63) is 30.1 Å². The molecule has 5 heteroatoms. The Bertz CT molecular complexity index is 508. The number of carbonyl (C=O) groups is 1. The molecule has 1 aromatic rings. The highest BCUT2D eigenvalue weighted by Gasteiger charge is 2.33. The van der Waals surface area contributed by atoms with Crippen LogP contribution in [-0.2, 0) is 4.79 Å². The summed E-state index contributed by atoms with van der Waals surface area (Å²) in [6, 6.07) is 6.39. The molecule has 1 atom stereocenters. The third kappa shape index (κ3) is 3.77. The number of hydrogen-bond acceptors (Lipinski definition) is 3. The molecule has 0 N–H and O–H groups in total. The van der Waals surface area contributed by atoms with Crippen LogP contribution in [0, 0.1) is 11.7 Å². The van der Waals surface area contributed by atoms with Crippen LogP contribution in [0.25, 0.3) is 0 Å². The molecule has 0 spiro atoms.